The molecule has 0 aromatic heterocycles. The van der Waals surface area contributed by atoms with Gasteiger partial charge >= 0.3 is 12.3 Å². The van der Waals surface area contributed by atoms with Crippen molar-refractivity contribution in [3.63, 3.8) is 0 Å². The summed E-state index contributed by atoms with van der Waals surface area (Å²) in [5.41, 5.74) is 2.17. The van der Waals surface area contributed by atoms with E-state index in [1.54, 1.807) is 0 Å². The van der Waals surface area contributed by atoms with Crippen molar-refractivity contribution in [1.29, 1.82) is 0 Å². The minimum Gasteiger partial charge on any atom is -0.495 e. The molecule has 0 saturated heterocycles. The summed E-state index contributed by atoms with van der Waals surface area (Å²) in [6.07, 6.45) is -6.27. The number of ether oxygens (including phenoxy) is 1. The number of amides is 1. The zero-order valence-electron chi connectivity index (χ0n) is 14.0. The molecule has 5 nitrogen and oxygen atoms in total. The van der Waals surface area contributed by atoms with Gasteiger partial charge in [-0.05, 0) is 35.1 Å². The highest BCUT2D eigenvalue weighted by Crippen LogP contribution is 2.58. The number of alkyl halides is 3. The Hall–Kier alpha value is -2.12. The second-order valence-corrected chi connectivity index (χ2v) is 6.89. The van der Waals surface area contributed by atoms with Crippen LogP contribution in [0.3, 0.4) is 0 Å². The van der Waals surface area contributed by atoms with Gasteiger partial charge in [0.15, 0.2) is 5.54 Å². The van der Waals surface area contributed by atoms with Crippen molar-refractivity contribution in [1.82, 2.24) is 4.90 Å². The van der Waals surface area contributed by atoms with Crippen LogP contribution < -0.4 is 10.5 Å². The molecule has 0 radical (unpaired) electrons. The van der Waals surface area contributed by atoms with Gasteiger partial charge in [0.2, 0.25) is 0 Å². The van der Waals surface area contributed by atoms with Crippen LogP contribution in [-0.4, -0.2) is 35.9 Å². The van der Waals surface area contributed by atoms with E-state index in [0.29, 0.717) is 10.5 Å². The number of rotatable bonds is 1. The molecule has 1 heterocycles. The van der Waals surface area contributed by atoms with Crippen molar-refractivity contribution >= 4 is 11.8 Å². The number of methoxy groups -OCH3 is 1. The molecule has 0 spiro atoms. The molecular weight excluding hydrogens is 325 g/mol. The van der Waals surface area contributed by atoms with Crippen LogP contribution in [-0.2, 0) is 12.0 Å². The predicted octanol–water partition coefficient (Wildman–Crippen LogP) is 3.62. The van der Waals surface area contributed by atoms with E-state index in [1.807, 2.05) is 0 Å². The lowest BCUT2D eigenvalue weighted by atomic mass is 9.64. The Kier molecular flexibility index (Phi) is 4.14. The quantitative estimate of drug-likeness (QED) is 0.762. The number of carbonyl (C=O) groups is 1. The number of fused-ring (bicyclic) bond motifs is 1. The topological polar surface area (TPSA) is 75.8 Å². The van der Waals surface area contributed by atoms with Crippen LogP contribution in [0.5, 0.6) is 5.75 Å². The molecule has 0 fully saturated rings. The number of hydrogen-bond donors (Lipinski definition) is 2. The zero-order chi connectivity index (χ0) is 18.5. The number of nitrogens with zero attached hydrogens (tertiary/aromatic N) is 1. The number of nitrogens with two attached hydrogens (primary N) is 1. The lowest BCUT2D eigenvalue weighted by Crippen LogP contribution is -2.67. The Morgan fingerprint density at radius 1 is 1.33 bits per heavy atom. The van der Waals surface area contributed by atoms with E-state index in [0.717, 1.165) is 0 Å². The maximum Gasteiger partial charge on any atom is 0.416 e. The molecule has 134 valence electrons. The lowest BCUT2D eigenvalue weighted by molar-refractivity contribution is -0.266. The van der Waals surface area contributed by atoms with E-state index in [1.165, 1.54) is 40.0 Å². The first-order chi connectivity index (χ1) is 10.9. The van der Waals surface area contributed by atoms with Gasteiger partial charge in [0, 0.05) is 6.54 Å². The highest BCUT2D eigenvalue weighted by molar-refractivity contribution is 5.70. The summed E-state index contributed by atoms with van der Waals surface area (Å²) in [5, 5.41) is 9.48. The first kappa shape index (κ1) is 18.2. The number of carboxylic acid groups (broad SMARTS) is 1. The molecule has 0 saturated carbocycles. The standard InChI is InChI=1S/C16H21F3N2O3/c1-14(2,3)15(16(17,18)19)10-8-12(24-4)11(20)7-9(10)5-6-21(15)13(22)23/h7-8H,5-6,20H2,1-4H3,(H,22,23). The number of nitrogen functional groups attached to an aromatic ring is 1. The minimum atomic E-state index is -4.82. The summed E-state index contributed by atoms with van der Waals surface area (Å²) in [6.45, 7) is 3.89. The first-order valence-electron chi connectivity index (χ1n) is 7.42. The normalized spacial score (nSPS) is 21.4. The molecule has 24 heavy (non-hydrogen) atoms. The highest BCUT2D eigenvalue weighted by atomic mass is 19.4. The van der Waals surface area contributed by atoms with Crippen molar-refractivity contribution in [2.75, 3.05) is 19.4 Å². The molecule has 1 unspecified atom stereocenters. The molecule has 1 aliphatic heterocycles. The van der Waals surface area contributed by atoms with Gasteiger partial charge in [0.25, 0.3) is 0 Å². The Morgan fingerprint density at radius 3 is 2.33 bits per heavy atom. The molecule has 0 aliphatic carbocycles. The molecule has 2 rings (SSSR count). The van der Waals surface area contributed by atoms with Gasteiger partial charge in [-0.1, -0.05) is 20.8 Å². The smallest absolute Gasteiger partial charge is 0.416 e. The van der Waals surface area contributed by atoms with Gasteiger partial charge < -0.3 is 15.6 Å². The van der Waals surface area contributed by atoms with Crippen molar-refractivity contribution < 1.29 is 27.8 Å². The van der Waals surface area contributed by atoms with Gasteiger partial charge in [-0.2, -0.15) is 13.2 Å². The summed E-state index contributed by atoms with van der Waals surface area (Å²) >= 11 is 0. The lowest BCUT2D eigenvalue weighted by Gasteiger charge is -2.54. The molecule has 1 aromatic carbocycles. The number of hydrogen-bond acceptors (Lipinski definition) is 3. The van der Waals surface area contributed by atoms with Gasteiger partial charge in [-0.15, -0.1) is 0 Å². The molecule has 3 N–H and O–H groups in total. The van der Waals surface area contributed by atoms with Crippen molar-refractivity contribution in [3.05, 3.63) is 23.3 Å². The van der Waals surface area contributed by atoms with E-state index in [4.69, 9.17) is 10.5 Å². The maximum atomic E-state index is 14.3. The average molecular weight is 346 g/mol. The van der Waals surface area contributed by atoms with Crippen LogP contribution in [0.2, 0.25) is 0 Å². The molecule has 1 amide bonds. The summed E-state index contributed by atoms with van der Waals surface area (Å²) in [6, 6.07) is 2.66. The summed E-state index contributed by atoms with van der Waals surface area (Å²) in [4.78, 5) is 12.2. The zero-order valence-corrected chi connectivity index (χ0v) is 14.0. The van der Waals surface area contributed by atoms with Crippen LogP contribution in [0.25, 0.3) is 0 Å². The van der Waals surface area contributed by atoms with Crippen molar-refractivity contribution in [2.24, 2.45) is 5.41 Å². The van der Waals surface area contributed by atoms with Crippen LogP contribution in [0, 0.1) is 5.41 Å². The third-order valence-corrected chi connectivity index (χ3v) is 4.58. The number of anilines is 1. The van der Waals surface area contributed by atoms with Crippen LogP contribution in [0.1, 0.15) is 31.9 Å². The monoisotopic (exact) mass is 346 g/mol. The molecule has 8 heteroatoms. The Labute approximate surface area is 138 Å². The SMILES string of the molecule is COc1cc2c(cc1N)CCN(C(=O)O)C2(C(C)(C)C)C(F)(F)F. The van der Waals surface area contributed by atoms with Crippen molar-refractivity contribution in [3.8, 4) is 5.75 Å². The van der Waals surface area contributed by atoms with Crippen LogP contribution in [0.4, 0.5) is 23.7 Å². The third-order valence-electron chi connectivity index (χ3n) is 4.58. The van der Waals surface area contributed by atoms with Gasteiger partial charge in [0.05, 0.1) is 12.8 Å². The van der Waals surface area contributed by atoms with Gasteiger partial charge in [-0.25, -0.2) is 4.79 Å². The predicted molar refractivity (Wildman–Crippen MR) is 83.0 cm³/mol. The summed E-state index contributed by atoms with van der Waals surface area (Å²) < 4.78 is 48.1. The highest BCUT2D eigenvalue weighted by Gasteiger charge is 2.68. The van der Waals surface area contributed by atoms with Crippen molar-refractivity contribution in [2.45, 2.75) is 38.9 Å². The second-order valence-electron chi connectivity index (χ2n) is 6.89. The Balaban J connectivity index is 2.94. The van der Waals surface area contributed by atoms with Crippen LogP contribution >= 0.6 is 0 Å². The minimum absolute atomic E-state index is 0.0962. The van der Waals surface area contributed by atoms with E-state index in [2.05, 4.69) is 0 Å². The Morgan fingerprint density at radius 2 is 1.92 bits per heavy atom. The molecule has 1 aliphatic rings. The molecular formula is C16H21F3N2O3. The van der Waals surface area contributed by atoms with E-state index in [-0.39, 0.29) is 30.0 Å². The summed E-state index contributed by atoms with van der Waals surface area (Å²) in [7, 11) is 1.31. The van der Waals surface area contributed by atoms with Gasteiger partial charge in [-0.3, -0.25) is 4.90 Å². The largest absolute Gasteiger partial charge is 0.495 e. The fourth-order valence-corrected chi connectivity index (χ4v) is 3.69. The fourth-order valence-electron chi connectivity index (χ4n) is 3.69. The Bertz CT molecular complexity index is 652. The third kappa shape index (κ3) is 2.35. The molecule has 1 atom stereocenters. The number of benzene rings is 1. The van der Waals surface area contributed by atoms with E-state index in [9.17, 15) is 23.1 Å². The van der Waals surface area contributed by atoms with Gasteiger partial charge in [0.1, 0.15) is 5.75 Å². The fraction of sp³-hybridized carbons (Fsp3) is 0.562. The van der Waals surface area contributed by atoms with E-state index < -0.39 is 23.2 Å². The first-order valence-corrected chi connectivity index (χ1v) is 7.42. The number of halogens is 3. The molecule has 1 aromatic rings. The average Bonchev–Trinajstić information content (AvgIpc) is 2.42. The summed E-state index contributed by atoms with van der Waals surface area (Å²) in [5.74, 6) is 0.0962. The van der Waals surface area contributed by atoms with Crippen LogP contribution in [0.15, 0.2) is 12.1 Å². The maximum absolute atomic E-state index is 14.3. The van der Waals surface area contributed by atoms with E-state index >= 15 is 0 Å². The second kappa shape index (κ2) is 5.46. The molecule has 0 bridgehead atoms.